The zero-order valence-corrected chi connectivity index (χ0v) is 10.7. The number of piperazine rings is 1. The number of carbonyl (C=O) groups is 1. The number of piperidine rings is 1. The van der Waals surface area contributed by atoms with E-state index in [1.807, 2.05) is 4.90 Å². The Labute approximate surface area is 104 Å². The number of hydrogen-bond donors (Lipinski definition) is 2. The summed E-state index contributed by atoms with van der Waals surface area (Å²) in [6.07, 6.45) is 2.32. The van der Waals surface area contributed by atoms with Gasteiger partial charge in [-0.25, -0.2) is 0 Å². The van der Waals surface area contributed by atoms with Crippen molar-refractivity contribution in [2.45, 2.75) is 18.9 Å². The third-order valence-corrected chi connectivity index (χ3v) is 3.73. The van der Waals surface area contributed by atoms with Crippen LogP contribution in [0.2, 0.25) is 0 Å². The molecule has 0 spiro atoms. The maximum atomic E-state index is 11.9. The second-order valence-corrected chi connectivity index (χ2v) is 5.09. The number of hydrogen-bond acceptors (Lipinski definition) is 4. The van der Waals surface area contributed by atoms with Crippen LogP contribution in [0.4, 0.5) is 0 Å². The molecule has 17 heavy (non-hydrogen) atoms. The lowest BCUT2D eigenvalue weighted by Gasteiger charge is -2.31. The van der Waals surface area contributed by atoms with Crippen molar-refractivity contribution in [3.8, 4) is 0 Å². The zero-order chi connectivity index (χ0) is 12.1. The van der Waals surface area contributed by atoms with Crippen LogP contribution in [0.15, 0.2) is 0 Å². The maximum Gasteiger partial charge on any atom is 0.236 e. The Hall–Kier alpha value is -0.650. The third kappa shape index (κ3) is 3.94. The Morgan fingerprint density at radius 3 is 2.53 bits per heavy atom. The van der Waals surface area contributed by atoms with Gasteiger partial charge in [0.15, 0.2) is 0 Å². The summed E-state index contributed by atoms with van der Waals surface area (Å²) in [5.74, 6) is 0.255. The molecule has 0 unspecified atom stereocenters. The smallest absolute Gasteiger partial charge is 0.236 e. The first-order chi connectivity index (χ1) is 8.25. The molecule has 0 saturated carbocycles. The molecule has 0 aromatic carbocycles. The van der Waals surface area contributed by atoms with Crippen molar-refractivity contribution in [3.63, 3.8) is 0 Å². The van der Waals surface area contributed by atoms with Crippen molar-refractivity contribution in [2.75, 3.05) is 52.9 Å². The molecule has 0 atom stereocenters. The van der Waals surface area contributed by atoms with E-state index in [1.165, 1.54) is 0 Å². The van der Waals surface area contributed by atoms with Gasteiger partial charge in [0.2, 0.25) is 5.91 Å². The van der Waals surface area contributed by atoms with Crippen molar-refractivity contribution in [3.05, 3.63) is 0 Å². The molecule has 5 heteroatoms. The minimum atomic E-state index is 0.255. The van der Waals surface area contributed by atoms with Gasteiger partial charge in [0, 0.05) is 32.2 Å². The molecular weight excluding hydrogens is 216 g/mol. The monoisotopic (exact) mass is 240 g/mol. The predicted octanol–water partition coefficient (Wildman–Crippen LogP) is -0.898. The lowest BCUT2D eigenvalue weighted by atomic mass is 10.1. The number of rotatable bonds is 3. The Bertz CT molecular complexity index is 245. The maximum absolute atomic E-state index is 11.9. The fourth-order valence-corrected chi connectivity index (χ4v) is 2.47. The van der Waals surface area contributed by atoms with Crippen LogP contribution in [0, 0.1) is 0 Å². The van der Waals surface area contributed by atoms with E-state index in [1.54, 1.807) is 0 Å². The third-order valence-electron chi connectivity index (χ3n) is 3.73. The van der Waals surface area contributed by atoms with E-state index in [0.29, 0.717) is 12.6 Å². The van der Waals surface area contributed by atoms with Gasteiger partial charge in [-0.1, -0.05) is 0 Å². The molecule has 0 aliphatic carbocycles. The summed E-state index contributed by atoms with van der Waals surface area (Å²) >= 11 is 0. The second kappa shape index (κ2) is 6.33. The molecule has 2 aliphatic rings. The summed E-state index contributed by atoms with van der Waals surface area (Å²) in [5.41, 5.74) is 0. The Balaban J connectivity index is 1.65. The molecule has 0 aromatic rings. The van der Waals surface area contributed by atoms with Crippen LogP contribution >= 0.6 is 0 Å². The number of nitrogens with one attached hydrogen (secondary N) is 2. The summed E-state index contributed by atoms with van der Waals surface area (Å²) in [4.78, 5) is 16.2. The van der Waals surface area contributed by atoms with E-state index in [9.17, 15) is 4.79 Å². The largest absolute Gasteiger partial charge is 0.339 e. The van der Waals surface area contributed by atoms with E-state index in [0.717, 1.165) is 52.1 Å². The molecule has 2 fully saturated rings. The molecule has 2 saturated heterocycles. The summed E-state index contributed by atoms with van der Waals surface area (Å²) < 4.78 is 0. The zero-order valence-electron chi connectivity index (χ0n) is 10.7. The average molecular weight is 240 g/mol. The molecule has 5 nitrogen and oxygen atoms in total. The number of carbonyl (C=O) groups excluding carboxylic acids is 1. The molecule has 2 N–H and O–H groups in total. The first-order valence-electron chi connectivity index (χ1n) is 6.66. The van der Waals surface area contributed by atoms with Gasteiger partial charge in [-0.05, 0) is 33.0 Å². The van der Waals surface area contributed by atoms with Crippen LogP contribution < -0.4 is 10.6 Å². The van der Waals surface area contributed by atoms with Crippen LogP contribution in [-0.2, 0) is 4.79 Å². The quantitative estimate of drug-likeness (QED) is 0.671. The lowest BCUT2D eigenvalue weighted by molar-refractivity contribution is -0.131. The first kappa shape index (κ1) is 12.8. The summed E-state index contributed by atoms with van der Waals surface area (Å²) in [6.45, 7) is 6.36. The molecule has 0 aromatic heterocycles. The minimum Gasteiger partial charge on any atom is -0.339 e. The molecule has 2 heterocycles. The van der Waals surface area contributed by atoms with Gasteiger partial charge < -0.3 is 20.4 Å². The average Bonchev–Trinajstić information content (AvgIpc) is 2.39. The molecule has 0 radical (unpaired) electrons. The summed E-state index contributed by atoms with van der Waals surface area (Å²) in [7, 11) is 2.15. The van der Waals surface area contributed by atoms with E-state index < -0.39 is 0 Å². The van der Waals surface area contributed by atoms with Crippen LogP contribution in [0.3, 0.4) is 0 Å². The van der Waals surface area contributed by atoms with Crippen LogP contribution in [-0.4, -0.2) is 74.6 Å². The van der Waals surface area contributed by atoms with Crippen LogP contribution in [0.5, 0.6) is 0 Å². The minimum absolute atomic E-state index is 0.255. The van der Waals surface area contributed by atoms with Crippen molar-refractivity contribution in [1.82, 2.24) is 20.4 Å². The van der Waals surface area contributed by atoms with E-state index >= 15 is 0 Å². The predicted molar refractivity (Wildman–Crippen MR) is 68.0 cm³/mol. The SMILES string of the molecule is CN1CCC(NCC(=O)N2CCNCC2)CC1. The van der Waals surface area contributed by atoms with Gasteiger partial charge in [-0.3, -0.25) is 4.79 Å². The molecular formula is C12H24N4O. The fourth-order valence-electron chi connectivity index (χ4n) is 2.47. The molecule has 1 amide bonds. The van der Waals surface area contributed by atoms with Crippen LogP contribution in [0.25, 0.3) is 0 Å². The van der Waals surface area contributed by atoms with Gasteiger partial charge in [0.1, 0.15) is 0 Å². The van der Waals surface area contributed by atoms with Crippen LogP contribution in [0.1, 0.15) is 12.8 Å². The Kier molecular flexibility index (Phi) is 4.76. The van der Waals surface area contributed by atoms with Gasteiger partial charge in [-0.15, -0.1) is 0 Å². The molecule has 98 valence electrons. The highest BCUT2D eigenvalue weighted by Crippen LogP contribution is 2.07. The second-order valence-electron chi connectivity index (χ2n) is 5.09. The van der Waals surface area contributed by atoms with Crippen molar-refractivity contribution >= 4 is 5.91 Å². The van der Waals surface area contributed by atoms with Gasteiger partial charge in [0.25, 0.3) is 0 Å². The van der Waals surface area contributed by atoms with Gasteiger partial charge >= 0.3 is 0 Å². The highest BCUT2D eigenvalue weighted by Gasteiger charge is 2.19. The van der Waals surface area contributed by atoms with Crippen molar-refractivity contribution < 1.29 is 4.79 Å². The van der Waals surface area contributed by atoms with Gasteiger partial charge in [0.05, 0.1) is 6.54 Å². The summed E-state index contributed by atoms with van der Waals surface area (Å²) in [6, 6.07) is 0.526. The molecule has 2 aliphatic heterocycles. The lowest BCUT2D eigenvalue weighted by Crippen LogP contribution is -2.51. The Morgan fingerprint density at radius 1 is 1.24 bits per heavy atom. The summed E-state index contributed by atoms with van der Waals surface area (Å²) in [5, 5.41) is 6.66. The fraction of sp³-hybridized carbons (Fsp3) is 0.917. The topological polar surface area (TPSA) is 47.6 Å². The highest BCUT2D eigenvalue weighted by molar-refractivity contribution is 5.78. The van der Waals surface area contributed by atoms with Gasteiger partial charge in [-0.2, -0.15) is 0 Å². The van der Waals surface area contributed by atoms with Crippen molar-refractivity contribution in [1.29, 1.82) is 0 Å². The Morgan fingerprint density at radius 2 is 1.88 bits per heavy atom. The normalized spacial score (nSPS) is 23.9. The number of likely N-dealkylation sites (tertiary alicyclic amines) is 1. The number of amides is 1. The highest BCUT2D eigenvalue weighted by atomic mass is 16.2. The van der Waals surface area contributed by atoms with E-state index in [2.05, 4.69) is 22.6 Å². The molecule has 2 rings (SSSR count). The first-order valence-corrected chi connectivity index (χ1v) is 6.66. The molecule has 0 bridgehead atoms. The van der Waals surface area contributed by atoms with E-state index in [-0.39, 0.29) is 5.91 Å². The van der Waals surface area contributed by atoms with E-state index in [4.69, 9.17) is 0 Å². The standard InChI is InChI=1S/C12H24N4O/c1-15-6-2-11(3-7-15)14-10-12(17)16-8-4-13-5-9-16/h11,13-14H,2-10H2,1H3. The number of nitrogens with zero attached hydrogens (tertiary/aromatic N) is 2. The van der Waals surface area contributed by atoms with Crippen molar-refractivity contribution in [2.24, 2.45) is 0 Å².